The molecule has 0 saturated carbocycles. The van der Waals surface area contributed by atoms with Crippen LogP contribution in [-0.4, -0.2) is 18.0 Å². The number of ether oxygens (including phenoxy) is 1. The molecule has 0 aliphatic rings. The Morgan fingerprint density at radius 3 is 2.65 bits per heavy atom. The van der Waals surface area contributed by atoms with Gasteiger partial charge in [-0.15, -0.1) is 0 Å². The summed E-state index contributed by atoms with van der Waals surface area (Å²) in [5, 5.41) is 2.68. The summed E-state index contributed by atoms with van der Waals surface area (Å²) in [4.78, 5) is 15.9. The van der Waals surface area contributed by atoms with Crippen molar-refractivity contribution in [1.82, 2.24) is 4.98 Å². The van der Waals surface area contributed by atoms with Crippen LogP contribution in [0.15, 0.2) is 53.1 Å². The minimum absolute atomic E-state index is 0.230. The van der Waals surface area contributed by atoms with Gasteiger partial charge in [0, 0.05) is 6.08 Å². The van der Waals surface area contributed by atoms with Gasteiger partial charge in [-0.25, -0.2) is 4.98 Å². The van der Waals surface area contributed by atoms with E-state index in [4.69, 9.17) is 4.74 Å². The second-order valence-electron chi connectivity index (χ2n) is 3.94. The van der Waals surface area contributed by atoms with Crippen molar-refractivity contribution in [1.29, 1.82) is 0 Å². The van der Waals surface area contributed by atoms with Gasteiger partial charge in [0.05, 0.1) is 7.11 Å². The number of amides is 1. The highest BCUT2D eigenvalue weighted by Crippen LogP contribution is 2.13. The summed E-state index contributed by atoms with van der Waals surface area (Å²) >= 11 is 3.25. The molecule has 0 radical (unpaired) electrons. The molecule has 2 rings (SSSR count). The molecule has 0 aliphatic carbocycles. The van der Waals surface area contributed by atoms with Crippen LogP contribution in [0, 0.1) is 0 Å². The minimum Gasteiger partial charge on any atom is -0.497 e. The van der Waals surface area contributed by atoms with Gasteiger partial charge >= 0.3 is 0 Å². The van der Waals surface area contributed by atoms with Crippen molar-refractivity contribution in [2.45, 2.75) is 0 Å². The SMILES string of the molecule is COc1ccc(/C=C/C(=O)Nc2cccc(Br)n2)cc1. The van der Waals surface area contributed by atoms with E-state index in [1.807, 2.05) is 24.3 Å². The first-order valence-corrected chi connectivity index (χ1v) is 6.72. The van der Waals surface area contributed by atoms with Crippen molar-refractivity contribution >= 4 is 33.7 Å². The van der Waals surface area contributed by atoms with Crippen LogP contribution in [0.5, 0.6) is 5.75 Å². The number of hydrogen-bond acceptors (Lipinski definition) is 3. The number of halogens is 1. The third-order valence-electron chi connectivity index (χ3n) is 2.51. The third kappa shape index (κ3) is 4.20. The summed E-state index contributed by atoms with van der Waals surface area (Å²) in [5.74, 6) is 1.06. The van der Waals surface area contributed by atoms with E-state index in [2.05, 4.69) is 26.2 Å². The number of pyridine rings is 1. The van der Waals surface area contributed by atoms with E-state index in [1.54, 1.807) is 31.4 Å². The predicted octanol–water partition coefficient (Wildman–Crippen LogP) is 3.50. The topological polar surface area (TPSA) is 51.2 Å². The van der Waals surface area contributed by atoms with Gasteiger partial charge in [-0.05, 0) is 51.8 Å². The highest BCUT2D eigenvalue weighted by atomic mass is 79.9. The summed E-state index contributed by atoms with van der Waals surface area (Å²) in [6, 6.07) is 12.8. The molecule has 1 amide bonds. The third-order valence-corrected chi connectivity index (χ3v) is 2.95. The number of hydrogen-bond donors (Lipinski definition) is 1. The normalized spacial score (nSPS) is 10.5. The van der Waals surface area contributed by atoms with E-state index in [0.29, 0.717) is 10.4 Å². The van der Waals surface area contributed by atoms with Crippen molar-refractivity contribution in [3.8, 4) is 5.75 Å². The van der Waals surface area contributed by atoms with E-state index in [9.17, 15) is 4.79 Å². The van der Waals surface area contributed by atoms with Gasteiger partial charge in [0.15, 0.2) is 0 Å². The average Bonchev–Trinajstić information content (AvgIpc) is 2.46. The molecule has 0 unspecified atom stereocenters. The lowest BCUT2D eigenvalue weighted by Gasteiger charge is -2.01. The van der Waals surface area contributed by atoms with Crippen LogP contribution in [0.4, 0.5) is 5.82 Å². The van der Waals surface area contributed by atoms with Gasteiger partial charge in [0.2, 0.25) is 5.91 Å². The zero-order valence-electron chi connectivity index (χ0n) is 10.8. The van der Waals surface area contributed by atoms with Gasteiger partial charge in [-0.2, -0.15) is 0 Å². The molecule has 1 aromatic heterocycles. The number of carbonyl (C=O) groups is 1. The van der Waals surface area contributed by atoms with Crippen molar-refractivity contribution in [3.63, 3.8) is 0 Å². The Morgan fingerprint density at radius 2 is 2.00 bits per heavy atom. The molecule has 5 heteroatoms. The first kappa shape index (κ1) is 14.3. The fourth-order valence-electron chi connectivity index (χ4n) is 1.53. The summed E-state index contributed by atoms with van der Waals surface area (Å²) in [6.07, 6.45) is 3.19. The maximum atomic E-state index is 11.7. The average molecular weight is 333 g/mol. The molecule has 0 spiro atoms. The minimum atomic E-state index is -0.230. The second kappa shape index (κ2) is 6.86. The van der Waals surface area contributed by atoms with Gasteiger partial charge in [0.25, 0.3) is 0 Å². The number of nitrogens with zero attached hydrogens (tertiary/aromatic N) is 1. The number of methoxy groups -OCH3 is 1. The van der Waals surface area contributed by atoms with Crippen LogP contribution < -0.4 is 10.1 Å². The van der Waals surface area contributed by atoms with Crippen LogP contribution in [0.1, 0.15) is 5.56 Å². The van der Waals surface area contributed by atoms with Gasteiger partial charge in [-0.1, -0.05) is 18.2 Å². The predicted molar refractivity (Wildman–Crippen MR) is 82.6 cm³/mol. The zero-order valence-corrected chi connectivity index (χ0v) is 12.4. The number of benzene rings is 1. The number of anilines is 1. The van der Waals surface area contributed by atoms with Crippen molar-refractivity contribution < 1.29 is 9.53 Å². The Labute approximate surface area is 125 Å². The Kier molecular flexibility index (Phi) is 4.90. The Balaban J connectivity index is 1.98. The van der Waals surface area contributed by atoms with Crippen LogP contribution in [0.3, 0.4) is 0 Å². The molecule has 1 heterocycles. The van der Waals surface area contributed by atoms with Crippen LogP contribution in [0.25, 0.3) is 6.08 Å². The highest BCUT2D eigenvalue weighted by molar-refractivity contribution is 9.10. The molecule has 20 heavy (non-hydrogen) atoms. The Morgan fingerprint density at radius 1 is 1.25 bits per heavy atom. The lowest BCUT2D eigenvalue weighted by atomic mass is 10.2. The Bertz CT molecular complexity index is 624. The quantitative estimate of drug-likeness (QED) is 0.688. The van der Waals surface area contributed by atoms with E-state index in [0.717, 1.165) is 11.3 Å². The molecule has 1 aromatic carbocycles. The molecular formula is C15H13BrN2O2. The summed E-state index contributed by atoms with van der Waals surface area (Å²) in [6.45, 7) is 0. The summed E-state index contributed by atoms with van der Waals surface area (Å²) < 4.78 is 5.74. The lowest BCUT2D eigenvalue weighted by Crippen LogP contribution is -2.08. The number of rotatable bonds is 4. The van der Waals surface area contributed by atoms with Crippen molar-refractivity contribution in [2.24, 2.45) is 0 Å². The Hall–Kier alpha value is -2.14. The molecule has 0 saturated heterocycles. The van der Waals surface area contributed by atoms with E-state index in [1.165, 1.54) is 6.08 Å². The first-order valence-electron chi connectivity index (χ1n) is 5.93. The molecule has 2 aromatic rings. The fourth-order valence-corrected chi connectivity index (χ4v) is 1.88. The zero-order chi connectivity index (χ0) is 14.4. The van der Waals surface area contributed by atoms with E-state index >= 15 is 0 Å². The molecular weight excluding hydrogens is 320 g/mol. The smallest absolute Gasteiger partial charge is 0.249 e. The van der Waals surface area contributed by atoms with Crippen molar-refractivity contribution in [2.75, 3.05) is 12.4 Å². The van der Waals surface area contributed by atoms with E-state index < -0.39 is 0 Å². The first-order chi connectivity index (χ1) is 9.67. The molecule has 102 valence electrons. The number of nitrogens with one attached hydrogen (secondary N) is 1. The molecule has 0 atom stereocenters. The van der Waals surface area contributed by atoms with Gasteiger partial charge < -0.3 is 10.1 Å². The standard InChI is InChI=1S/C15H13BrN2O2/c1-20-12-8-5-11(6-9-12)7-10-15(19)18-14-4-2-3-13(16)17-14/h2-10H,1H3,(H,17,18,19)/b10-7+. The van der Waals surface area contributed by atoms with Crippen molar-refractivity contribution in [3.05, 3.63) is 58.7 Å². The fraction of sp³-hybridized carbons (Fsp3) is 0.0667. The summed E-state index contributed by atoms with van der Waals surface area (Å²) in [7, 11) is 1.61. The largest absolute Gasteiger partial charge is 0.497 e. The van der Waals surface area contributed by atoms with Gasteiger partial charge in [0.1, 0.15) is 16.2 Å². The number of carbonyl (C=O) groups excluding carboxylic acids is 1. The maximum Gasteiger partial charge on any atom is 0.249 e. The highest BCUT2D eigenvalue weighted by Gasteiger charge is 1.99. The molecule has 4 nitrogen and oxygen atoms in total. The lowest BCUT2D eigenvalue weighted by molar-refractivity contribution is -0.111. The van der Waals surface area contributed by atoms with E-state index in [-0.39, 0.29) is 5.91 Å². The molecule has 0 fully saturated rings. The molecule has 0 bridgehead atoms. The van der Waals surface area contributed by atoms with Crippen LogP contribution in [-0.2, 0) is 4.79 Å². The monoisotopic (exact) mass is 332 g/mol. The maximum absolute atomic E-state index is 11.7. The number of aromatic nitrogens is 1. The molecule has 1 N–H and O–H groups in total. The second-order valence-corrected chi connectivity index (χ2v) is 4.75. The summed E-state index contributed by atoms with van der Waals surface area (Å²) in [5.41, 5.74) is 0.920. The van der Waals surface area contributed by atoms with Crippen LogP contribution >= 0.6 is 15.9 Å². The molecule has 0 aliphatic heterocycles. The van der Waals surface area contributed by atoms with Crippen LogP contribution in [0.2, 0.25) is 0 Å². The van der Waals surface area contributed by atoms with Gasteiger partial charge in [-0.3, -0.25) is 4.79 Å².